The molecule has 0 aliphatic rings. The lowest BCUT2D eigenvalue weighted by Gasteiger charge is -2.14. The van der Waals surface area contributed by atoms with E-state index in [9.17, 15) is 9.18 Å². The van der Waals surface area contributed by atoms with Gasteiger partial charge in [0.2, 0.25) is 6.41 Å². The maximum absolute atomic E-state index is 13.6. The fourth-order valence-electron chi connectivity index (χ4n) is 2.00. The molecule has 7 nitrogen and oxygen atoms in total. The highest BCUT2D eigenvalue weighted by atomic mass is 19.1. The van der Waals surface area contributed by atoms with Crippen molar-refractivity contribution in [2.45, 2.75) is 34.1 Å². The Labute approximate surface area is 161 Å². The molecular weight excluding hydrogens is 351 g/mol. The molecule has 154 valence electrons. The van der Waals surface area contributed by atoms with E-state index in [2.05, 4.69) is 15.6 Å². The van der Waals surface area contributed by atoms with Crippen molar-refractivity contribution in [3.63, 3.8) is 0 Å². The fourth-order valence-corrected chi connectivity index (χ4v) is 2.00. The van der Waals surface area contributed by atoms with Crippen LogP contribution in [0.25, 0.3) is 10.9 Å². The van der Waals surface area contributed by atoms with Gasteiger partial charge < -0.3 is 20.2 Å². The molecule has 0 radical (unpaired) electrons. The molecule has 0 saturated heterocycles. The average molecular weight is 384 g/mol. The van der Waals surface area contributed by atoms with Crippen LogP contribution in [0.4, 0.5) is 10.2 Å². The molecule has 0 saturated carbocycles. The standard InChI is InChI=1S/C13H16FN3O.C3H8O.C2H6.CH3NO/c1-9-7-12-10(8-11(9)14)13(15-17(12)3)16(2)5-4-6-18;1-3-4-2;1-2;2-1-3/h6-8H,4-5H2,1-3H3;3H2,1-2H3;1-2H3;1H,(H2,2,3). The predicted molar refractivity (Wildman–Crippen MR) is 109 cm³/mol. The molecule has 1 amide bonds. The summed E-state index contributed by atoms with van der Waals surface area (Å²) >= 11 is 0. The minimum absolute atomic E-state index is 0.236. The van der Waals surface area contributed by atoms with Crippen molar-refractivity contribution in [3.8, 4) is 0 Å². The Morgan fingerprint density at radius 2 is 1.85 bits per heavy atom. The smallest absolute Gasteiger partial charge is 0.204 e. The van der Waals surface area contributed by atoms with Crippen molar-refractivity contribution in [1.29, 1.82) is 0 Å². The van der Waals surface area contributed by atoms with E-state index in [1.807, 2.05) is 39.8 Å². The van der Waals surface area contributed by atoms with E-state index in [0.717, 1.165) is 23.8 Å². The Kier molecular flexibility index (Phi) is 15.6. The van der Waals surface area contributed by atoms with Gasteiger partial charge in [-0.05, 0) is 31.5 Å². The second-order valence-corrected chi connectivity index (χ2v) is 5.16. The third-order valence-corrected chi connectivity index (χ3v) is 3.34. The number of nitrogens with zero attached hydrogens (tertiary/aromatic N) is 3. The summed E-state index contributed by atoms with van der Waals surface area (Å²) in [6.07, 6.45) is 1.55. The highest BCUT2D eigenvalue weighted by Crippen LogP contribution is 2.27. The van der Waals surface area contributed by atoms with Crippen LogP contribution in [0.15, 0.2) is 12.1 Å². The Morgan fingerprint density at radius 1 is 1.33 bits per heavy atom. The third-order valence-electron chi connectivity index (χ3n) is 3.34. The summed E-state index contributed by atoms with van der Waals surface area (Å²) in [4.78, 5) is 20.8. The van der Waals surface area contributed by atoms with Crippen molar-refractivity contribution in [2.75, 3.05) is 32.2 Å². The van der Waals surface area contributed by atoms with Gasteiger partial charge in [0.1, 0.15) is 12.1 Å². The lowest BCUT2D eigenvalue weighted by molar-refractivity contribution is -0.108. The zero-order valence-electron chi connectivity index (χ0n) is 17.5. The molecule has 1 aromatic carbocycles. The van der Waals surface area contributed by atoms with E-state index in [4.69, 9.17) is 4.79 Å². The Hall–Kier alpha value is -2.48. The molecule has 0 bridgehead atoms. The summed E-state index contributed by atoms with van der Waals surface area (Å²) in [5, 5.41) is 5.16. The van der Waals surface area contributed by atoms with Gasteiger partial charge in [-0.3, -0.25) is 9.48 Å². The van der Waals surface area contributed by atoms with Gasteiger partial charge in [-0.2, -0.15) is 5.10 Å². The number of primary amides is 1. The van der Waals surface area contributed by atoms with Gasteiger partial charge in [0.25, 0.3) is 0 Å². The van der Waals surface area contributed by atoms with Gasteiger partial charge in [-0.15, -0.1) is 0 Å². The number of hydrogen-bond acceptors (Lipinski definition) is 5. The molecule has 0 fully saturated rings. The molecule has 2 aromatic rings. The number of halogens is 1. The number of ether oxygens (including phenoxy) is 1. The number of nitrogens with two attached hydrogens (primary N) is 1. The SMILES string of the molecule is CC.CCOC.Cc1cc2c(cc1F)c(N(C)CCC=O)nn2C.NC=O. The number of carbonyl (C=O) groups is 2. The van der Waals surface area contributed by atoms with Gasteiger partial charge in [0.05, 0.1) is 5.52 Å². The van der Waals surface area contributed by atoms with Crippen LogP contribution in [-0.4, -0.2) is 49.8 Å². The van der Waals surface area contributed by atoms with Crippen LogP contribution in [-0.2, 0) is 21.4 Å². The average Bonchev–Trinajstić information content (AvgIpc) is 2.98. The maximum atomic E-state index is 13.6. The molecular formula is C19H33FN4O3. The Morgan fingerprint density at radius 3 is 2.30 bits per heavy atom. The zero-order chi connectivity index (χ0) is 21.4. The highest BCUT2D eigenvalue weighted by Gasteiger charge is 2.14. The van der Waals surface area contributed by atoms with E-state index >= 15 is 0 Å². The zero-order valence-corrected chi connectivity index (χ0v) is 17.5. The fraction of sp³-hybridized carbons (Fsp3) is 0.526. The van der Waals surface area contributed by atoms with Crippen molar-refractivity contribution in [3.05, 3.63) is 23.5 Å². The van der Waals surface area contributed by atoms with E-state index in [1.54, 1.807) is 24.8 Å². The van der Waals surface area contributed by atoms with Crippen LogP contribution >= 0.6 is 0 Å². The van der Waals surface area contributed by atoms with Crippen LogP contribution in [0.3, 0.4) is 0 Å². The van der Waals surface area contributed by atoms with Gasteiger partial charge in [0.15, 0.2) is 5.82 Å². The number of rotatable bonds is 5. The van der Waals surface area contributed by atoms with Crippen molar-refractivity contribution in [2.24, 2.45) is 12.8 Å². The molecule has 27 heavy (non-hydrogen) atoms. The molecule has 0 aliphatic heterocycles. The summed E-state index contributed by atoms with van der Waals surface area (Å²) in [7, 11) is 5.36. The first-order valence-corrected chi connectivity index (χ1v) is 8.79. The first kappa shape index (κ1) is 26.7. The van der Waals surface area contributed by atoms with Gasteiger partial charge in [0, 0.05) is 46.2 Å². The number of hydrogen-bond donors (Lipinski definition) is 1. The summed E-state index contributed by atoms with van der Waals surface area (Å²) in [5.41, 5.74) is 5.66. The lowest BCUT2D eigenvalue weighted by Crippen LogP contribution is -2.19. The monoisotopic (exact) mass is 384 g/mol. The summed E-state index contributed by atoms with van der Waals surface area (Å²) in [6, 6.07) is 3.29. The van der Waals surface area contributed by atoms with Gasteiger partial charge >= 0.3 is 0 Å². The quantitative estimate of drug-likeness (QED) is 0.801. The molecule has 8 heteroatoms. The van der Waals surface area contributed by atoms with Crippen LogP contribution in [0.2, 0.25) is 0 Å². The molecule has 1 heterocycles. The molecule has 2 rings (SSSR count). The Balaban J connectivity index is 0. The second kappa shape index (κ2) is 15.7. The minimum Gasteiger partial charge on any atom is -0.385 e. The predicted octanol–water partition coefficient (Wildman–Crippen LogP) is 2.83. The highest BCUT2D eigenvalue weighted by molar-refractivity contribution is 5.91. The molecule has 0 atom stereocenters. The molecule has 2 N–H and O–H groups in total. The topological polar surface area (TPSA) is 90.4 Å². The number of aryl methyl sites for hydroxylation is 2. The number of fused-ring (bicyclic) bond motifs is 1. The normalized spacial score (nSPS) is 9.04. The number of aromatic nitrogens is 2. The van der Waals surface area contributed by atoms with Crippen LogP contribution in [0.1, 0.15) is 32.8 Å². The van der Waals surface area contributed by atoms with E-state index in [-0.39, 0.29) is 12.2 Å². The summed E-state index contributed by atoms with van der Waals surface area (Å²) < 4.78 is 19.9. The molecule has 0 unspecified atom stereocenters. The number of aldehydes is 1. The van der Waals surface area contributed by atoms with Crippen LogP contribution in [0.5, 0.6) is 0 Å². The summed E-state index contributed by atoms with van der Waals surface area (Å²) in [5.74, 6) is 0.466. The number of benzene rings is 1. The van der Waals surface area contributed by atoms with Gasteiger partial charge in [-0.25, -0.2) is 4.39 Å². The first-order chi connectivity index (χ1) is 12.9. The van der Waals surface area contributed by atoms with E-state index < -0.39 is 0 Å². The van der Waals surface area contributed by atoms with Gasteiger partial charge in [-0.1, -0.05) is 13.8 Å². The Bertz CT molecular complexity index is 673. The van der Waals surface area contributed by atoms with Crippen LogP contribution in [0, 0.1) is 12.7 Å². The van der Waals surface area contributed by atoms with Crippen molar-refractivity contribution >= 4 is 29.4 Å². The van der Waals surface area contributed by atoms with E-state index in [1.165, 1.54) is 6.07 Å². The van der Waals surface area contributed by atoms with Crippen molar-refractivity contribution < 1.29 is 18.7 Å². The minimum atomic E-state index is -0.236. The molecule has 0 spiro atoms. The number of carbonyl (C=O) groups excluding carboxylic acids is 2. The third kappa shape index (κ3) is 9.14. The van der Waals surface area contributed by atoms with E-state index in [0.29, 0.717) is 24.3 Å². The molecule has 1 aromatic heterocycles. The largest absolute Gasteiger partial charge is 0.385 e. The number of anilines is 1. The molecule has 0 aliphatic carbocycles. The number of amides is 1. The first-order valence-electron chi connectivity index (χ1n) is 8.79. The van der Waals surface area contributed by atoms with Crippen molar-refractivity contribution in [1.82, 2.24) is 9.78 Å². The number of methoxy groups -OCH3 is 1. The maximum Gasteiger partial charge on any atom is 0.204 e. The second-order valence-electron chi connectivity index (χ2n) is 5.16. The van der Waals surface area contributed by atoms with Crippen LogP contribution < -0.4 is 10.6 Å². The summed E-state index contributed by atoms with van der Waals surface area (Å²) in [6.45, 7) is 9.09. The lowest BCUT2D eigenvalue weighted by atomic mass is 10.1.